The van der Waals surface area contributed by atoms with Crippen LogP contribution in [0.5, 0.6) is 0 Å². The first kappa shape index (κ1) is 36.3. The summed E-state index contributed by atoms with van der Waals surface area (Å²) in [6.07, 6.45) is 8.70. The van der Waals surface area contributed by atoms with E-state index in [2.05, 4.69) is 202 Å². The molecule has 8 bridgehead atoms. The van der Waals surface area contributed by atoms with Gasteiger partial charge in [0, 0.05) is 48.3 Å². The molecule has 0 aliphatic carbocycles. The molecule has 4 aromatic carbocycles. The average molecular weight is 770 g/mol. The van der Waals surface area contributed by atoms with Crippen LogP contribution in [-0.4, -0.2) is 23.0 Å². The van der Waals surface area contributed by atoms with Crippen LogP contribution in [0.4, 0.5) is 0 Å². The van der Waals surface area contributed by atoms with Crippen molar-refractivity contribution in [2.75, 3.05) is 0 Å². The van der Waals surface area contributed by atoms with E-state index in [0.29, 0.717) is 0 Å². The largest absolute Gasteiger partial charge is 0.354 e. The summed E-state index contributed by atoms with van der Waals surface area (Å²) >= 11 is 1.79. The minimum Gasteiger partial charge on any atom is -0.354 e. The third-order valence-electron chi connectivity index (χ3n) is 10.4. The van der Waals surface area contributed by atoms with E-state index in [1.54, 1.807) is 11.3 Å². The third-order valence-corrected chi connectivity index (χ3v) is 12.4. The minimum absolute atomic E-state index is 0.908. The van der Waals surface area contributed by atoms with Crippen molar-refractivity contribution in [1.29, 1.82) is 0 Å². The number of aromatic amines is 1. The van der Waals surface area contributed by atoms with E-state index in [0.717, 1.165) is 93.3 Å². The molecule has 1 N–H and O–H groups in total. The molecule has 0 fully saturated rings. The highest BCUT2D eigenvalue weighted by Crippen LogP contribution is 2.41. The molecular formula is C52H43N3SSi. The maximum Gasteiger partial charge on any atom is 0.129 e. The number of aryl methyl sites for hydroxylation is 3. The van der Waals surface area contributed by atoms with E-state index in [1.165, 1.54) is 16.7 Å². The number of rotatable bonds is 4. The summed E-state index contributed by atoms with van der Waals surface area (Å²) < 4.78 is 2.31. The quantitative estimate of drug-likeness (QED) is 0.143. The Bertz CT molecular complexity index is 2940. The van der Waals surface area contributed by atoms with Crippen LogP contribution in [-0.2, 0) is 0 Å². The van der Waals surface area contributed by atoms with Gasteiger partial charge in [0.25, 0.3) is 0 Å². The molecule has 3 aromatic heterocycles. The molecule has 0 saturated carbocycles. The molecule has 2 aliphatic rings. The zero-order valence-electron chi connectivity index (χ0n) is 33.2. The fourth-order valence-corrected chi connectivity index (χ4v) is 9.11. The van der Waals surface area contributed by atoms with Gasteiger partial charge in [0.2, 0.25) is 0 Å². The molecule has 2 aliphatic heterocycles. The fraction of sp³-hybridized carbons (Fsp3) is 0.115. The zero-order chi connectivity index (χ0) is 39.3. The van der Waals surface area contributed by atoms with Crippen LogP contribution in [0.2, 0.25) is 19.6 Å². The van der Waals surface area contributed by atoms with Gasteiger partial charge in [0.1, 0.15) is 8.07 Å². The summed E-state index contributed by atoms with van der Waals surface area (Å²) in [4.78, 5) is 14.8. The van der Waals surface area contributed by atoms with Crippen LogP contribution in [0, 0.1) is 32.2 Å². The molecule has 0 atom stereocenters. The van der Waals surface area contributed by atoms with Crippen LogP contribution in [0.1, 0.15) is 45.0 Å². The summed E-state index contributed by atoms with van der Waals surface area (Å²) in [6.45, 7) is 13.2. The second-order valence-corrected chi connectivity index (χ2v) is 21.9. The standard InChI is InChI=1S/C52H43N3SSi/c1-33-7-15-37(16-8-33)49-41-23-24-42(53-41)50(38-21-13-36(14-22-38)31-32-57(4,5)6)44-26-28-46(55-44)52(40-19-11-35(3)12-20-40)48-30-29-47(56-48)51(45-27-25-43(49)54-45)39-17-9-34(2)10-18-39/h7-30,53H,1-6H3. The van der Waals surface area contributed by atoms with Crippen LogP contribution in [0.3, 0.4) is 0 Å². The first-order valence-electron chi connectivity index (χ1n) is 19.5. The van der Waals surface area contributed by atoms with Crippen LogP contribution in [0.25, 0.3) is 89.2 Å². The Morgan fingerprint density at radius 3 is 1.18 bits per heavy atom. The second-order valence-electron chi connectivity index (χ2n) is 16.1. The Labute approximate surface area is 340 Å². The number of nitrogens with zero attached hydrogens (tertiary/aromatic N) is 2. The van der Waals surface area contributed by atoms with E-state index < -0.39 is 8.07 Å². The van der Waals surface area contributed by atoms with Gasteiger partial charge in [0.05, 0.1) is 22.8 Å². The summed E-state index contributed by atoms with van der Waals surface area (Å²) in [5.74, 6) is 3.43. The predicted octanol–water partition coefficient (Wildman–Crippen LogP) is 14.2. The highest BCUT2D eigenvalue weighted by molar-refractivity contribution is 7.24. The number of hydrogen-bond donors (Lipinski definition) is 1. The Hall–Kier alpha value is -6.32. The number of H-pyrrole nitrogens is 1. The number of nitrogens with one attached hydrogen (secondary N) is 1. The van der Waals surface area contributed by atoms with Crippen molar-refractivity contribution in [2.24, 2.45) is 0 Å². The van der Waals surface area contributed by atoms with Crippen molar-refractivity contribution in [3.05, 3.63) is 166 Å². The topological polar surface area (TPSA) is 41.6 Å². The van der Waals surface area contributed by atoms with Gasteiger partial charge < -0.3 is 4.98 Å². The molecule has 5 heterocycles. The highest BCUT2D eigenvalue weighted by atomic mass is 32.1. The first-order valence-corrected chi connectivity index (χ1v) is 23.8. The summed E-state index contributed by atoms with van der Waals surface area (Å²) in [5, 5.41) is 0. The maximum atomic E-state index is 5.49. The van der Waals surface area contributed by atoms with Crippen LogP contribution >= 0.6 is 11.3 Å². The molecule has 7 aromatic rings. The smallest absolute Gasteiger partial charge is 0.129 e. The highest BCUT2D eigenvalue weighted by Gasteiger charge is 2.19. The number of benzene rings is 4. The first-order chi connectivity index (χ1) is 27.6. The van der Waals surface area contributed by atoms with Gasteiger partial charge >= 0.3 is 0 Å². The van der Waals surface area contributed by atoms with E-state index in [-0.39, 0.29) is 0 Å². The van der Waals surface area contributed by atoms with Crippen molar-refractivity contribution in [3.8, 4) is 56.0 Å². The molecular weight excluding hydrogens is 727 g/mol. The lowest BCUT2D eigenvalue weighted by atomic mass is 10.0. The number of thiophene rings is 1. The van der Waals surface area contributed by atoms with Gasteiger partial charge in [0.15, 0.2) is 0 Å². The predicted molar refractivity (Wildman–Crippen MR) is 249 cm³/mol. The Morgan fingerprint density at radius 2 is 0.789 bits per heavy atom. The van der Waals surface area contributed by atoms with Crippen molar-refractivity contribution in [1.82, 2.24) is 15.0 Å². The zero-order valence-corrected chi connectivity index (χ0v) is 35.0. The average Bonchev–Trinajstić information content (AvgIpc) is 4.04. The van der Waals surface area contributed by atoms with Gasteiger partial charge in [-0.2, -0.15) is 0 Å². The monoisotopic (exact) mass is 769 g/mol. The van der Waals surface area contributed by atoms with Gasteiger partial charge in [-0.1, -0.05) is 127 Å². The molecule has 3 nitrogen and oxygen atoms in total. The van der Waals surface area contributed by atoms with E-state index >= 15 is 0 Å². The molecule has 5 heteroatoms. The maximum absolute atomic E-state index is 5.49. The van der Waals surface area contributed by atoms with E-state index in [1.807, 2.05) is 0 Å². The molecule has 276 valence electrons. The molecule has 0 spiro atoms. The molecule has 57 heavy (non-hydrogen) atoms. The Morgan fingerprint density at radius 1 is 0.439 bits per heavy atom. The van der Waals surface area contributed by atoms with E-state index in [4.69, 9.17) is 9.97 Å². The lowest BCUT2D eigenvalue weighted by molar-refractivity contribution is 1.32. The molecule has 9 rings (SSSR count). The fourth-order valence-electron chi connectivity index (χ4n) is 7.43. The Kier molecular flexibility index (Phi) is 9.33. The SMILES string of the molecule is Cc1ccc(-c2c3nc(c(-c4ccc(C)cc4)c4ccc(s4)c(-c4ccc(C)cc4)c4nc(c(-c5ccc(C#C[Si](C)(C)C)cc5)c5ccc2[nH]5)C=C4)C=C3)cc1. The molecule has 0 unspecified atom stereocenters. The minimum atomic E-state index is -1.52. The van der Waals surface area contributed by atoms with Crippen molar-refractivity contribution in [2.45, 2.75) is 40.4 Å². The van der Waals surface area contributed by atoms with Gasteiger partial charge in [-0.05, 0) is 104 Å². The molecule has 0 saturated heterocycles. The lowest BCUT2D eigenvalue weighted by Gasteiger charge is -2.07. The Balaban J connectivity index is 1.42. The van der Waals surface area contributed by atoms with Crippen LogP contribution in [0.15, 0.2) is 121 Å². The molecule has 0 amide bonds. The molecule has 0 radical (unpaired) electrons. The third kappa shape index (κ3) is 7.38. The normalized spacial score (nSPS) is 12.1. The summed E-state index contributed by atoms with van der Waals surface area (Å²) in [7, 11) is -1.52. The summed E-state index contributed by atoms with van der Waals surface area (Å²) in [5.41, 5.74) is 22.7. The lowest BCUT2D eigenvalue weighted by Crippen LogP contribution is -2.16. The van der Waals surface area contributed by atoms with Crippen molar-refractivity contribution < 1.29 is 0 Å². The van der Waals surface area contributed by atoms with Crippen LogP contribution < -0.4 is 0 Å². The number of hydrogen-bond acceptors (Lipinski definition) is 3. The van der Waals surface area contributed by atoms with Gasteiger partial charge in [-0.3, -0.25) is 0 Å². The second kappa shape index (κ2) is 14.6. The van der Waals surface area contributed by atoms with Crippen molar-refractivity contribution >= 4 is 64.1 Å². The van der Waals surface area contributed by atoms with Gasteiger partial charge in [-0.15, -0.1) is 16.9 Å². The van der Waals surface area contributed by atoms with Gasteiger partial charge in [-0.25, -0.2) is 9.97 Å². The van der Waals surface area contributed by atoms with E-state index in [9.17, 15) is 0 Å². The van der Waals surface area contributed by atoms with Crippen molar-refractivity contribution in [3.63, 3.8) is 0 Å². The number of fused-ring (bicyclic) bond motifs is 8. The summed E-state index contributed by atoms with van der Waals surface area (Å²) in [6, 6.07) is 43.9. The number of aromatic nitrogens is 3.